The second kappa shape index (κ2) is 10.6. The number of carboxylic acids is 1. The number of aliphatic carboxylic acids is 1. The predicted molar refractivity (Wildman–Crippen MR) is 120 cm³/mol. The molecule has 4 rings (SSSR count). The van der Waals surface area contributed by atoms with Crippen molar-refractivity contribution in [2.45, 2.75) is 70.1 Å². The van der Waals surface area contributed by atoms with Gasteiger partial charge < -0.3 is 14.6 Å². The lowest BCUT2D eigenvalue weighted by atomic mass is 9.87. The Hall–Kier alpha value is -2.52. The molecule has 0 saturated heterocycles. The molecule has 1 N–H and O–H groups in total. The Morgan fingerprint density at radius 2 is 2.03 bits per heavy atom. The zero-order valence-corrected chi connectivity index (χ0v) is 19.4. The zero-order valence-electron chi connectivity index (χ0n) is 19.4. The van der Waals surface area contributed by atoms with Gasteiger partial charge in [-0.1, -0.05) is 18.1 Å². The van der Waals surface area contributed by atoms with E-state index in [1.807, 2.05) is 0 Å². The summed E-state index contributed by atoms with van der Waals surface area (Å²) in [5, 5.41) is 17.6. The summed E-state index contributed by atoms with van der Waals surface area (Å²) in [6, 6.07) is 5.31. The maximum absolute atomic E-state index is 14.9. The van der Waals surface area contributed by atoms with E-state index in [1.54, 1.807) is 23.9 Å². The van der Waals surface area contributed by atoms with Crippen LogP contribution >= 0.6 is 0 Å². The molecule has 0 spiro atoms. The number of rotatable bonds is 9. The molecule has 2 aliphatic rings. The summed E-state index contributed by atoms with van der Waals surface area (Å²) in [5.41, 5.74) is 1.96. The van der Waals surface area contributed by atoms with Gasteiger partial charge in [0, 0.05) is 18.7 Å². The van der Waals surface area contributed by atoms with Gasteiger partial charge in [-0.05, 0) is 63.8 Å². The topological polar surface area (TPSA) is 89.7 Å². The Kier molecular flexibility index (Phi) is 7.60. The lowest BCUT2D eigenvalue weighted by Gasteiger charge is -2.27. The molecule has 180 valence electrons. The molecule has 1 aromatic heterocycles. The fraction of sp³-hybridized carbons (Fsp3) is 0.625. The lowest BCUT2D eigenvalue weighted by Crippen LogP contribution is -2.31. The summed E-state index contributed by atoms with van der Waals surface area (Å²) in [5.74, 6) is -1.61. The van der Waals surface area contributed by atoms with Crippen LogP contribution in [0.1, 0.15) is 57.1 Å². The van der Waals surface area contributed by atoms with E-state index in [1.165, 1.54) is 31.7 Å². The van der Waals surface area contributed by atoms with Crippen LogP contribution < -0.4 is 4.74 Å². The van der Waals surface area contributed by atoms with Gasteiger partial charge in [0.25, 0.3) is 0 Å². The van der Waals surface area contributed by atoms with Crippen LogP contribution in [0.3, 0.4) is 0 Å². The van der Waals surface area contributed by atoms with Crippen molar-refractivity contribution in [1.29, 1.82) is 0 Å². The molecule has 1 aromatic carbocycles. The van der Waals surface area contributed by atoms with E-state index < -0.39 is 17.7 Å². The van der Waals surface area contributed by atoms with Crippen LogP contribution in [0.4, 0.5) is 4.39 Å². The molecule has 2 fully saturated rings. The third-order valence-corrected chi connectivity index (χ3v) is 6.90. The first-order chi connectivity index (χ1) is 15.9. The summed E-state index contributed by atoms with van der Waals surface area (Å²) >= 11 is 0. The number of aryl methyl sites for hydroxylation is 1. The fourth-order valence-corrected chi connectivity index (χ4v) is 4.90. The summed E-state index contributed by atoms with van der Waals surface area (Å²) in [6.45, 7) is 0.851. The molecule has 0 radical (unpaired) electrons. The van der Waals surface area contributed by atoms with Crippen molar-refractivity contribution in [2.24, 2.45) is 13.0 Å². The maximum Gasteiger partial charge on any atom is 0.306 e. The Labute approximate surface area is 193 Å². The average molecular weight is 461 g/mol. The number of nitrogens with zero attached hydrogens (tertiary/aromatic N) is 4. The maximum atomic E-state index is 14.9. The van der Waals surface area contributed by atoms with Gasteiger partial charge >= 0.3 is 5.97 Å². The molecule has 0 aliphatic heterocycles. The lowest BCUT2D eigenvalue weighted by molar-refractivity contribution is -0.143. The highest BCUT2D eigenvalue weighted by molar-refractivity contribution is 5.70. The number of ether oxygens (including phenoxy) is 2. The molecule has 2 aromatic rings. The first-order valence-corrected chi connectivity index (χ1v) is 11.8. The van der Waals surface area contributed by atoms with Crippen molar-refractivity contribution >= 4 is 5.97 Å². The third kappa shape index (κ3) is 5.70. The molecule has 33 heavy (non-hydrogen) atoms. The second-order valence-electron chi connectivity index (χ2n) is 9.27. The predicted octanol–water partition coefficient (Wildman–Crippen LogP) is 3.99. The molecule has 1 heterocycles. The summed E-state index contributed by atoms with van der Waals surface area (Å²) in [6.07, 6.45) is 7.22. The standard InChI is InChI=1S/C24H33FN4O4/c1-28(18-7-3-4-8-18)15-32-14-21-23(26-27-29(21)2)16-10-11-22(20(25)13-16)33-19-9-5-6-17(12-19)24(30)31/h10-11,13,17-19H,3-9,12,14-15H2,1-2H3,(H,30,31)/t17-,19-/m0/s1. The Balaban J connectivity index is 1.40. The molecule has 2 saturated carbocycles. The molecule has 0 unspecified atom stereocenters. The van der Waals surface area contributed by atoms with Crippen LogP contribution in [0.15, 0.2) is 18.2 Å². The van der Waals surface area contributed by atoms with Gasteiger partial charge in [-0.2, -0.15) is 0 Å². The highest BCUT2D eigenvalue weighted by Gasteiger charge is 2.29. The van der Waals surface area contributed by atoms with Crippen molar-refractivity contribution < 1.29 is 23.8 Å². The van der Waals surface area contributed by atoms with Crippen LogP contribution in [-0.4, -0.2) is 56.9 Å². The SMILES string of the molecule is CN(COCc1c(-c2ccc(O[C@H]3CCC[C@H](C(=O)O)C3)c(F)c2)nnn1C)C1CCCC1. The number of carboxylic acid groups (broad SMARTS) is 1. The largest absolute Gasteiger partial charge is 0.487 e. The molecular formula is C24H33FN4O4. The normalized spacial score (nSPS) is 21.6. The molecule has 9 heteroatoms. The number of carbonyl (C=O) groups is 1. The minimum absolute atomic E-state index is 0.134. The Morgan fingerprint density at radius 1 is 1.24 bits per heavy atom. The van der Waals surface area contributed by atoms with Crippen LogP contribution in [0.5, 0.6) is 5.75 Å². The van der Waals surface area contributed by atoms with E-state index in [4.69, 9.17) is 9.47 Å². The van der Waals surface area contributed by atoms with Crippen molar-refractivity contribution in [2.75, 3.05) is 13.8 Å². The first-order valence-electron chi connectivity index (χ1n) is 11.8. The van der Waals surface area contributed by atoms with E-state index in [0.717, 1.165) is 18.5 Å². The summed E-state index contributed by atoms with van der Waals surface area (Å²) in [7, 11) is 3.88. The van der Waals surface area contributed by atoms with E-state index in [-0.39, 0.29) is 11.9 Å². The zero-order chi connectivity index (χ0) is 23.4. The first kappa shape index (κ1) is 23.6. The molecular weight excluding hydrogens is 427 g/mol. The van der Waals surface area contributed by atoms with Crippen LogP contribution in [0.2, 0.25) is 0 Å². The second-order valence-corrected chi connectivity index (χ2v) is 9.27. The number of aromatic nitrogens is 3. The monoisotopic (exact) mass is 460 g/mol. The molecule has 8 nitrogen and oxygen atoms in total. The van der Waals surface area contributed by atoms with E-state index in [9.17, 15) is 14.3 Å². The molecule has 2 aliphatic carbocycles. The summed E-state index contributed by atoms with van der Waals surface area (Å²) in [4.78, 5) is 13.5. The fourth-order valence-electron chi connectivity index (χ4n) is 4.90. The van der Waals surface area contributed by atoms with Crippen LogP contribution in [-0.2, 0) is 23.2 Å². The smallest absolute Gasteiger partial charge is 0.306 e. The Bertz CT molecular complexity index is 960. The van der Waals surface area contributed by atoms with Crippen molar-refractivity contribution in [3.05, 3.63) is 29.7 Å². The van der Waals surface area contributed by atoms with Crippen LogP contribution in [0, 0.1) is 11.7 Å². The number of hydrogen-bond donors (Lipinski definition) is 1. The van der Waals surface area contributed by atoms with Gasteiger partial charge in [0.05, 0.1) is 31.1 Å². The molecule has 0 amide bonds. The van der Waals surface area contributed by atoms with E-state index in [2.05, 4.69) is 22.3 Å². The third-order valence-electron chi connectivity index (χ3n) is 6.90. The van der Waals surface area contributed by atoms with E-state index >= 15 is 0 Å². The van der Waals surface area contributed by atoms with Crippen molar-refractivity contribution in [3.63, 3.8) is 0 Å². The van der Waals surface area contributed by atoms with E-state index in [0.29, 0.717) is 43.5 Å². The summed E-state index contributed by atoms with van der Waals surface area (Å²) < 4.78 is 28.3. The van der Waals surface area contributed by atoms with Gasteiger partial charge in [0.15, 0.2) is 11.6 Å². The van der Waals surface area contributed by atoms with Gasteiger partial charge in [-0.15, -0.1) is 5.10 Å². The molecule has 0 bridgehead atoms. The van der Waals surface area contributed by atoms with Gasteiger partial charge in [-0.3, -0.25) is 9.69 Å². The highest BCUT2D eigenvalue weighted by Crippen LogP contribution is 2.31. The van der Waals surface area contributed by atoms with Gasteiger partial charge in [0.1, 0.15) is 5.69 Å². The van der Waals surface area contributed by atoms with Crippen molar-refractivity contribution in [1.82, 2.24) is 19.9 Å². The number of benzene rings is 1. The number of hydrogen-bond acceptors (Lipinski definition) is 6. The van der Waals surface area contributed by atoms with Gasteiger partial charge in [0.2, 0.25) is 0 Å². The average Bonchev–Trinajstić information content (AvgIpc) is 3.46. The van der Waals surface area contributed by atoms with Crippen molar-refractivity contribution in [3.8, 4) is 17.0 Å². The minimum atomic E-state index is -0.814. The highest BCUT2D eigenvalue weighted by atomic mass is 19.1. The number of halogens is 1. The quantitative estimate of drug-likeness (QED) is 0.566. The Morgan fingerprint density at radius 3 is 2.76 bits per heavy atom. The molecule has 2 atom stereocenters. The van der Waals surface area contributed by atoms with Crippen LogP contribution in [0.25, 0.3) is 11.3 Å². The van der Waals surface area contributed by atoms with Gasteiger partial charge in [-0.25, -0.2) is 9.07 Å². The minimum Gasteiger partial charge on any atom is -0.487 e.